The number of amides is 1. The third kappa shape index (κ3) is 6.73. The van der Waals surface area contributed by atoms with Crippen LogP contribution in [-0.2, 0) is 17.9 Å². The Balaban J connectivity index is 1.43. The number of ether oxygens (including phenoxy) is 2. The molecule has 0 spiro atoms. The topological polar surface area (TPSA) is 56.6 Å². The van der Waals surface area contributed by atoms with E-state index in [1.807, 2.05) is 49.9 Å². The summed E-state index contributed by atoms with van der Waals surface area (Å²) in [5.74, 6) is 2.18. The number of likely N-dealkylation sites (tertiary alicyclic amines) is 1. The SMILES string of the molecule is Cc1cc2nc(COc3ccc(Cl)cc3)n(CCCC3CCCN(C(=O)OC(C)(C)C)C3)c2cc1C. The van der Waals surface area contributed by atoms with Crippen molar-refractivity contribution in [2.45, 2.75) is 79.1 Å². The van der Waals surface area contributed by atoms with Gasteiger partial charge in [-0.05, 0) is 114 Å². The molecule has 2 aromatic carbocycles. The Labute approximate surface area is 219 Å². The highest BCUT2D eigenvalue weighted by molar-refractivity contribution is 6.30. The van der Waals surface area contributed by atoms with E-state index in [1.54, 1.807) is 0 Å². The highest BCUT2D eigenvalue weighted by atomic mass is 35.5. The number of rotatable bonds is 7. The predicted molar refractivity (Wildman–Crippen MR) is 145 cm³/mol. The molecule has 0 radical (unpaired) electrons. The third-order valence-corrected chi connectivity index (χ3v) is 7.04. The Bertz CT molecular complexity index is 1200. The van der Waals surface area contributed by atoms with Crippen LogP contribution in [0.2, 0.25) is 5.02 Å². The van der Waals surface area contributed by atoms with Crippen molar-refractivity contribution in [1.82, 2.24) is 14.5 Å². The van der Waals surface area contributed by atoms with Crippen LogP contribution in [0.25, 0.3) is 11.0 Å². The van der Waals surface area contributed by atoms with E-state index < -0.39 is 5.60 Å². The molecule has 0 saturated carbocycles. The molecule has 1 aliphatic rings. The zero-order chi connectivity index (χ0) is 25.9. The third-order valence-electron chi connectivity index (χ3n) is 6.79. The van der Waals surface area contributed by atoms with Gasteiger partial charge >= 0.3 is 6.09 Å². The number of aryl methyl sites for hydroxylation is 3. The molecule has 1 fully saturated rings. The van der Waals surface area contributed by atoms with E-state index >= 15 is 0 Å². The van der Waals surface area contributed by atoms with E-state index in [0.717, 1.165) is 67.9 Å². The average molecular weight is 512 g/mol. The first-order valence-corrected chi connectivity index (χ1v) is 13.3. The lowest BCUT2D eigenvalue weighted by Gasteiger charge is -2.34. The monoisotopic (exact) mass is 511 g/mol. The molecule has 36 heavy (non-hydrogen) atoms. The van der Waals surface area contributed by atoms with E-state index in [2.05, 4.69) is 30.5 Å². The van der Waals surface area contributed by atoms with Gasteiger partial charge in [-0.15, -0.1) is 0 Å². The Hall–Kier alpha value is -2.73. The first-order chi connectivity index (χ1) is 17.1. The number of nitrogens with zero attached hydrogens (tertiary/aromatic N) is 3. The minimum atomic E-state index is -0.465. The lowest BCUT2D eigenvalue weighted by Crippen LogP contribution is -2.42. The van der Waals surface area contributed by atoms with Crippen LogP contribution in [0.4, 0.5) is 4.79 Å². The molecule has 4 rings (SSSR count). The summed E-state index contributed by atoms with van der Waals surface area (Å²) in [5, 5.41) is 0.688. The normalized spacial score (nSPS) is 16.4. The maximum atomic E-state index is 12.5. The number of benzene rings is 2. The van der Waals surface area contributed by atoms with Crippen molar-refractivity contribution in [2.24, 2.45) is 5.92 Å². The van der Waals surface area contributed by atoms with E-state index in [4.69, 9.17) is 26.1 Å². The Kier molecular flexibility index (Phi) is 8.13. The highest BCUT2D eigenvalue weighted by Crippen LogP contribution is 2.26. The molecular formula is C29H38ClN3O3. The molecule has 0 aliphatic carbocycles. The van der Waals surface area contributed by atoms with Gasteiger partial charge in [0.25, 0.3) is 0 Å². The standard InChI is InChI=1S/C29H38ClN3O3/c1-20-16-25-26(17-21(20)2)33(27(31-25)19-35-24-12-10-23(30)11-13-24)15-7-9-22-8-6-14-32(18-22)28(34)36-29(3,4)5/h10-13,16-17,22H,6-9,14-15,18-19H2,1-5H3. The molecule has 0 bridgehead atoms. The highest BCUT2D eigenvalue weighted by Gasteiger charge is 2.27. The molecule has 6 nitrogen and oxygen atoms in total. The average Bonchev–Trinajstić information content (AvgIpc) is 3.14. The van der Waals surface area contributed by atoms with Crippen LogP contribution >= 0.6 is 11.6 Å². The molecule has 1 amide bonds. The number of carbonyl (C=O) groups is 1. The summed E-state index contributed by atoms with van der Waals surface area (Å²) in [6.07, 6.45) is 4.05. The second kappa shape index (κ2) is 11.1. The summed E-state index contributed by atoms with van der Waals surface area (Å²) in [7, 11) is 0. The van der Waals surface area contributed by atoms with Crippen LogP contribution in [0.3, 0.4) is 0 Å². The fourth-order valence-electron chi connectivity index (χ4n) is 4.80. The van der Waals surface area contributed by atoms with Gasteiger partial charge in [0.15, 0.2) is 0 Å². The number of imidazole rings is 1. The molecule has 1 atom stereocenters. The van der Waals surface area contributed by atoms with E-state index in [-0.39, 0.29) is 6.09 Å². The van der Waals surface area contributed by atoms with Crippen molar-refractivity contribution in [3.8, 4) is 5.75 Å². The zero-order valence-electron chi connectivity index (χ0n) is 22.1. The number of carbonyl (C=O) groups excluding carboxylic acids is 1. The minimum absolute atomic E-state index is 0.194. The fourth-order valence-corrected chi connectivity index (χ4v) is 4.93. The van der Waals surface area contributed by atoms with Crippen molar-refractivity contribution >= 4 is 28.7 Å². The van der Waals surface area contributed by atoms with Crippen molar-refractivity contribution in [2.75, 3.05) is 13.1 Å². The number of piperidine rings is 1. The second-order valence-corrected chi connectivity index (χ2v) is 11.4. The van der Waals surface area contributed by atoms with Crippen LogP contribution in [0.15, 0.2) is 36.4 Å². The van der Waals surface area contributed by atoms with Gasteiger partial charge < -0.3 is 18.9 Å². The summed E-state index contributed by atoms with van der Waals surface area (Å²) < 4.78 is 13.9. The molecule has 1 aromatic heterocycles. The van der Waals surface area contributed by atoms with Gasteiger partial charge in [0.1, 0.15) is 23.8 Å². The van der Waals surface area contributed by atoms with Gasteiger partial charge in [-0.3, -0.25) is 0 Å². The summed E-state index contributed by atoms with van der Waals surface area (Å²) in [5.41, 5.74) is 4.18. The summed E-state index contributed by atoms with van der Waals surface area (Å²) >= 11 is 6.01. The van der Waals surface area contributed by atoms with E-state index in [1.165, 1.54) is 11.1 Å². The molecule has 2 heterocycles. The first kappa shape index (κ1) is 26.3. The van der Waals surface area contributed by atoms with Gasteiger partial charge in [0, 0.05) is 24.7 Å². The predicted octanol–water partition coefficient (Wildman–Crippen LogP) is 7.31. The summed E-state index contributed by atoms with van der Waals surface area (Å²) in [4.78, 5) is 19.4. The van der Waals surface area contributed by atoms with Crippen molar-refractivity contribution < 1.29 is 14.3 Å². The van der Waals surface area contributed by atoms with Gasteiger partial charge in [-0.25, -0.2) is 9.78 Å². The number of hydrogen-bond donors (Lipinski definition) is 0. The summed E-state index contributed by atoms with van der Waals surface area (Å²) in [6.45, 7) is 12.8. The number of hydrogen-bond acceptors (Lipinski definition) is 4. The molecule has 194 valence electrons. The maximum Gasteiger partial charge on any atom is 0.410 e. The van der Waals surface area contributed by atoms with Crippen LogP contribution in [0.1, 0.15) is 63.4 Å². The smallest absolute Gasteiger partial charge is 0.410 e. The fraction of sp³-hybridized carbons (Fsp3) is 0.517. The van der Waals surface area contributed by atoms with Gasteiger partial charge in [-0.1, -0.05) is 11.6 Å². The molecule has 3 aromatic rings. The maximum absolute atomic E-state index is 12.5. The van der Waals surface area contributed by atoms with Crippen molar-refractivity contribution in [3.63, 3.8) is 0 Å². The Morgan fingerprint density at radius 3 is 2.58 bits per heavy atom. The molecule has 0 N–H and O–H groups in total. The summed E-state index contributed by atoms with van der Waals surface area (Å²) in [6, 6.07) is 11.8. The van der Waals surface area contributed by atoms with Crippen LogP contribution in [0.5, 0.6) is 5.75 Å². The lowest BCUT2D eigenvalue weighted by molar-refractivity contribution is 0.0160. The number of halogens is 1. The molecule has 1 aliphatic heterocycles. The number of fused-ring (bicyclic) bond motifs is 1. The molecule has 1 saturated heterocycles. The van der Waals surface area contributed by atoms with Crippen LogP contribution < -0.4 is 4.74 Å². The van der Waals surface area contributed by atoms with Crippen molar-refractivity contribution in [1.29, 1.82) is 0 Å². The Morgan fingerprint density at radius 1 is 1.14 bits per heavy atom. The lowest BCUT2D eigenvalue weighted by atomic mass is 9.93. The molecule has 7 heteroatoms. The van der Waals surface area contributed by atoms with E-state index in [0.29, 0.717) is 17.5 Å². The van der Waals surface area contributed by atoms with Gasteiger partial charge in [0.05, 0.1) is 11.0 Å². The zero-order valence-corrected chi connectivity index (χ0v) is 22.9. The molecular weight excluding hydrogens is 474 g/mol. The first-order valence-electron chi connectivity index (χ1n) is 12.9. The number of aromatic nitrogens is 2. The molecule has 1 unspecified atom stereocenters. The second-order valence-electron chi connectivity index (χ2n) is 10.9. The van der Waals surface area contributed by atoms with Crippen LogP contribution in [0, 0.1) is 19.8 Å². The largest absolute Gasteiger partial charge is 0.486 e. The van der Waals surface area contributed by atoms with Gasteiger partial charge in [-0.2, -0.15) is 0 Å². The van der Waals surface area contributed by atoms with E-state index in [9.17, 15) is 4.79 Å². The van der Waals surface area contributed by atoms with Crippen LogP contribution in [-0.4, -0.2) is 39.2 Å². The Morgan fingerprint density at radius 2 is 1.86 bits per heavy atom. The van der Waals surface area contributed by atoms with Gasteiger partial charge in [0.2, 0.25) is 0 Å². The van der Waals surface area contributed by atoms with Crippen molar-refractivity contribution in [3.05, 3.63) is 58.4 Å². The minimum Gasteiger partial charge on any atom is -0.486 e. The quantitative estimate of drug-likeness (QED) is 0.333.